The lowest BCUT2D eigenvalue weighted by Crippen LogP contribution is -2.24. The Morgan fingerprint density at radius 1 is 0.974 bits per heavy atom. The van der Waals surface area contributed by atoms with Crippen LogP contribution in [0.15, 0.2) is 78.0 Å². The first kappa shape index (κ1) is 26.4. The highest BCUT2D eigenvalue weighted by atomic mass is 35.5. The summed E-state index contributed by atoms with van der Waals surface area (Å²) in [5, 5.41) is 7.83. The molecule has 2 N–H and O–H groups in total. The number of anilines is 1. The predicted molar refractivity (Wildman–Crippen MR) is 146 cm³/mol. The number of amides is 2. The van der Waals surface area contributed by atoms with Crippen molar-refractivity contribution in [3.05, 3.63) is 89.1 Å². The summed E-state index contributed by atoms with van der Waals surface area (Å²) >= 11 is 6.37. The van der Waals surface area contributed by atoms with E-state index < -0.39 is 5.91 Å². The maximum atomic E-state index is 12.3. The van der Waals surface area contributed by atoms with E-state index in [1.54, 1.807) is 36.5 Å². The molecule has 3 aromatic carbocycles. The number of hydrogen-bond donors (Lipinski definition) is 2. The number of rotatable bonds is 10. The minimum Gasteiger partial charge on any atom is -0.493 e. The number of nitrogens with one attached hydrogen (secondary N) is 2. The van der Waals surface area contributed by atoms with Crippen molar-refractivity contribution in [3.63, 3.8) is 0 Å². The highest BCUT2D eigenvalue weighted by Crippen LogP contribution is 2.36. The smallest absolute Gasteiger partial charge is 0.277 e. The summed E-state index contributed by atoms with van der Waals surface area (Å²) < 4.78 is 16.6. The van der Waals surface area contributed by atoms with Crippen LogP contribution in [0, 0.1) is 6.92 Å². The van der Waals surface area contributed by atoms with Crippen molar-refractivity contribution >= 4 is 46.2 Å². The average Bonchev–Trinajstić information content (AvgIpc) is 2.92. The molecule has 0 unspecified atom stereocenters. The van der Waals surface area contributed by atoms with Crippen molar-refractivity contribution in [1.29, 1.82) is 0 Å². The van der Waals surface area contributed by atoms with E-state index in [-0.39, 0.29) is 29.9 Å². The van der Waals surface area contributed by atoms with Crippen LogP contribution >= 0.6 is 11.6 Å². The second-order valence-corrected chi connectivity index (χ2v) is 8.56. The van der Waals surface area contributed by atoms with Gasteiger partial charge >= 0.3 is 0 Å². The number of hydrogen-bond acceptors (Lipinski definition) is 7. The maximum Gasteiger partial charge on any atom is 0.277 e. The molecule has 9 nitrogen and oxygen atoms in total. The Balaban J connectivity index is 1.31. The van der Waals surface area contributed by atoms with Crippen LogP contribution in [0.1, 0.15) is 11.1 Å². The number of para-hydroxylation sites is 1. The lowest BCUT2D eigenvalue weighted by molar-refractivity contribution is -0.123. The largest absolute Gasteiger partial charge is 0.493 e. The van der Waals surface area contributed by atoms with Crippen LogP contribution in [0.4, 0.5) is 5.69 Å². The number of fused-ring (bicyclic) bond motifs is 1. The molecule has 1 aromatic heterocycles. The van der Waals surface area contributed by atoms with E-state index in [1.165, 1.54) is 13.3 Å². The van der Waals surface area contributed by atoms with E-state index in [2.05, 4.69) is 20.8 Å². The summed E-state index contributed by atoms with van der Waals surface area (Å²) in [6.45, 7) is 1.46. The first-order valence-electron chi connectivity index (χ1n) is 11.6. The zero-order valence-corrected chi connectivity index (χ0v) is 21.5. The van der Waals surface area contributed by atoms with Gasteiger partial charge in [-0.3, -0.25) is 14.6 Å². The summed E-state index contributed by atoms with van der Waals surface area (Å²) in [4.78, 5) is 28.8. The standard InChI is InChI=1S/C28H25ClN4O5/c1-18-8-10-21(11-9-18)32-25(34)16-38-28-22(29)13-19(14-24(28)36-2)15-31-33-26(35)17-37-23-7-3-5-20-6-4-12-30-27(20)23/h3-15H,16-17H2,1-2H3,(H,32,34)(H,33,35)/b31-15+. The maximum absolute atomic E-state index is 12.3. The number of aryl methyl sites for hydroxylation is 1. The van der Waals surface area contributed by atoms with Crippen LogP contribution in [0.25, 0.3) is 10.9 Å². The minimum atomic E-state index is -0.452. The van der Waals surface area contributed by atoms with Gasteiger partial charge in [-0.15, -0.1) is 0 Å². The number of methoxy groups -OCH3 is 1. The monoisotopic (exact) mass is 532 g/mol. The van der Waals surface area contributed by atoms with Gasteiger partial charge in [0, 0.05) is 17.3 Å². The zero-order valence-electron chi connectivity index (χ0n) is 20.7. The van der Waals surface area contributed by atoms with Gasteiger partial charge in [0.1, 0.15) is 11.3 Å². The second-order valence-electron chi connectivity index (χ2n) is 8.15. The average molecular weight is 533 g/mol. The highest BCUT2D eigenvalue weighted by molar-refractivity contribution is 6.32. The number of halogens is 1. The van der Waals surface area contributed by atoms with E-state index in [0.717, 1.165) is 10.9 Å². The van der Waals surface area contributed by atoms with Crippen LogP contribution in [-0.4, -0.2) is 43.3 Å². The SMILES string of the molecule is COc1cc(/C=N/NC(=O)COc2cccc3cccnc23)cc(Cl)c1OCC(=O)Nc1ccc(C)cc1. The molecule has 4 rings (SSSR count). The lowest BCUT2D eigenvalue weighted by Gasteiger charge is -2.13. The Hall–Kier alpha value is -4.63. The fraction of sp³-hybridized carbons (Fsp3) is 0.143. The molecule has 0 radical (unpaired) electrons. The number of carbonyl (C=O) groups excluding carboxylic acids is 2. The molecule has 0 fully saturated rings. The van der Waals surface area contributed by atoms with Gasteiger partial charge in [-0.2, -0.15) is 5.10 Å². The third-order valence-electron chi connectivity index (χ3n) is 5.29. The van der Waals surface area contributed by atoms with Crippen LogP contribution in [0.5, 0.6) is 17.2 Å². The van der Waals surface area contributed by atoms with Crippen molar-refractivity contribution in [1.82, 2.24) is 10.4 Å². The van der Waals surface area contributed by atoms with Crippen LogP contribution in [0.2, 0.25) is 5.02 Å². The van der Waals surface area contributed by atoms with Gasteiger partial charge in [0.05, 0.1) is 18.3 Å². The van der Waals surface area contributed by atoms with E-state index in [1.807, 2.05) is 43.3 Å². The lowest BCUT2D eigenvalue weighted by atomic mass is 10.2. The third-order valence-corrected chi connectivity index (χ3v) is 5.57. The van der Waals surface area contributed by atoms with Gasteiger partial charge < -0.3 is 19.5 Å². The molecule has 1 heterocycles. The zero-order chi connectivity index (χ0) is 26.9. The predicted octanol–water partition coefficient (Wildman–Crippen LogP) is 4.75. The number of pyridine rings is 1. The molecular formula is C28H25ClN4O5. The third kappa shape index (κ3) is 6.98. The normalized spacial score (nSPS) is 10.8. The highest BCUT2D eigenvalue weighted by Gasteiger charge is 2.14. The van der Waals surface area contributed by atoms with Crippen LogP contribution < -0.4 is 25.0 Å². The summed E-state index contributed by atoms with van der Waals surface area (Å²) in [6, 6.07) is 19.8. The van der Waals surface area contributed by atoms with Gasteiger partial charge in [0.15, 0.2) is 24.7 Å². The first-order valence-corrected chi connectivity index (χ1v) is 12.0. The molecule has 0 aliphatic heterocycles. The number of nitrogens with zero attached hydrogens (tertiary/aromatic N) is 2. The van der Waals surface area contributed by atoms with Gasteiger partial charge in [-0.1, -0.05) is 47.5 Å². The number of aromatic nitrogens is 1. The molecule has 38 heavy (non-hydrogen) atoms. The number of ether oxygens (including phenoxy) is 3. The van der Waals surface area contributed by atoms with E-state index in [4.69, 9.17) is 25.8 Å². The minimum absolute atomic E-state index is 0.214. The van der Waals surface area contributed by atoms with E-state index in [0.29, 0.717) is 28.3 Å². The molecule has 0 bridgehead atoms. The molecule has 10 heteroatoms. The first-order chi connectivity index (χ1) is 18.4. The van der Waals surface area contributed by atoms with Gasteiger partial charge in [0.2, 0.25) is 0 Å². The van der Waals surface area contributed by atoms with E-state index in [9.17, 15) is 9.59 Å². The Morgan fingerprint density at radius 3 is 2.53 bits per heavy atom. The Kier molecular flexibility index (Phi) is 8.73. The molecule has 2 amide bonds. The van der Waals surface area contributed by atoms with Crippen molar-refractivity contribution in [2.24, 2.45) is 5.10 Å². The summed E-state index contributed by atoms with van der Waals surface area (Å²) in [7, 11) is 1.45. The molecule has 0 saturated heterocycles. The molecule has 0 saturated carbocycles. The van der Waals surface area contributed by atoms with Crippen molar-refractivity contribution in [2.75, 3.05) is 25.6 Å². The molecule has 0 aliphatic carbocycles. The molecular weight excluding hydrogens is 508 g/mol. The van der Waals surface area contributed by atoms with Gasteiger partial charge in [-0.25, -0.2) is 5.43 Å². The number of hydrazone groups is 1. The van der Waals surface area contributed by atoms with Crippen LogP contribution in [-0.2, 0) is 9.59 Å². The topological polar surface area (TPSA) is 111 Å². The summed E-state index contributed by atoms with van der Waals surface area (Å²) in [6.07, 6.45) is 3.06. The second kappa shape index (κ2) is 12.6. The van der Waals surface area contributed by atoms with Crippen molar-refractivity contribution in [3.8, 4) is 17.2 Å². The van der Waals surface area contributed by atoms with Crippen molar-refractivity contribution < 1.29 is 23.8 Å². The number of carbonyl (C=O) groups is 2. The molecule has 0 aliphatic rings. The molecule has 4 aromatic rings. The molecule has 0 spiro atoms. The molecule has 194 valence electrons. The fourth-order valence-electron chi connectivity index (χ4n) is 3.47. The summed E-state index contributed by atoms with van der Waals surface area (Å²) in [5.41, 5.74) is 5.37. The Morgan fingerprint density at radius 2 is 1.74 bits per heavy atom. The van der Waals surface area contributed by atoms with Gasteiger partial charge in [-0.05, 0) is 48.9 Å². The number of benzene rings is 3. The van der Waals surface area contributed by atoms with Crippen LogP contribution in [0.3, 0.4) is 0 Å². The Labute approximate surface area is 224 Å². The van der Waals surface area contributed by atoms with Gasteiger partial charge in [0.25, 0.3) is 11.8 Å². The quantitative estimate of drug-likeness (QED) is 0.225. The fourth-order valence-corrected chi connectivity index (χ4v) is 3.75. The Bertz CT molecular complexity index is 1470. The molecule has 0 atom stereocenters. The van der Waals surface area contributed by atoms with E-state index >= 15 is 0 Å². The summed E-state index contributed by atoms with van der Waals surface area (Å²) in [5.74, 6) is 0.224. The van der Waals surface area contributed by atoms with Crippen molar-refractivity contribution in [2.45, 2.75) is 6.92 Å².